The van der Waals surface area contributed by atoms with Gasteiger partial charge in [0.2, 0.25) is 0 Å². The molecule has 2 atom stereocenters. The molecule has 0 aliphatic carbocycles. The molecule has 4 nitrogen and oxygen atoms in total. The Kier molecular flexibility index (Phi) is 3.21. The number of anilines is 2. The zero-order valence-corrected chi connectivity index (χ0v) is 12.3. The van der Waals surface area contributed by atoms with E-state index in [-0.39, 0.29) is 5.91 Å². The number of carbonyl (C=O) groups is 1. The first-order valence-electron chi connectivity index (χ1n) is 7.33. The lowest BCUT2D eigenvalue weighted by Gasteiger charge is -2.21. The number of benzene rings is 1. The average Bonchev–Trinajstić information content (AvgIpc) is 3.00. The van der Waals surface area contributed by atoms with Crippen LogP contribution in [-0.2, 0) is 4.79 Å². The minimum atomic E-state index is -0.994. The highest BCUT2D eigenvalue weighted by Crippen LogP contribution is 2.38. The van der Waals surface area contributed by atoms with Crippen molar-refractivity contribution in [1.82, 2.24) is 0 Å². The molecule has 2 aliphatic heterocycles. The topological polar surface area (TPSA) is 43.8 Å². The molecular weight excluding hydrogens is 252 g/mol. The second-order valence-corrected chi connectivity index (χ2v) is 6.28. The second-order valence-electron chi connectivity index (χ2n) is 6.28. The van der Waals surface area contributed by atoms with Crippen molar-refractivity contribution in [3.8, 4) is 0 Å². The maximum absolute atomic E-state index is 11.8. The number of fused-ring (bicyclic) bond motifs is 1. The first kappa shape index (κ1) is 13.4. The molecule has 1 fully saturated rings. The van der Waals surface area contributed by atoms with E-state index in [2.05, 4.69) is 18.7 Å². The molecule has 2 aliphatic rings. The number of hydrogen-bond donors (Lipinski definition) is 1. The summed E-state index contributed by atoms with van der Waals surface area (Å²) in [5, 5.41) is 9.89. The smallest absolute Gasteiger partial charge is 0.260 e. The van der Waals surface area contributed by atoms with E-state index in [0.29, 0.717) is 5.92 Å². The van der Waals surface area contributed by atoms with Crippen molar-refractivity contribution >= 4 is 17.3 Å². The van der Waals surface area contributed by atoms with Crippen LogP contribution in [0.15, 0.2) is 18.2 Å². The van der Waals surface area contributed by atoms with Crippen molar-refractivity contribution in [2.45, 2.75) is 26.4 Å². The Labute approximate surface area is 120 Å². The highest BCUT2D eigenvalue weighted by molar-refractivity contribution is 6.03. The fourth-order valence-electron chi connectivity index (χ4n) is 3.25. The van der Waals surface area contributed by atoms with Crippen LogP contribution >= 0.6 is 0 Å². The minimum Gasteiger partial charge on any atom is -0.378 e. The Morgan fingerprint density at radius 3 is 2.75 bits per heavy atom. The predicted octanol–water partition coefficient (Wildman–Crippen LogP) is 2.18. The summed E-state index contributed by atoms with van der Waals surface area (Å²) in [5.74, 6) is 1.22. The van der Waals surface area contributed by atoms with Gasteiger partial charge in [0, 0.05) is 31.4 Å². The quantitative estimate of drug-likeness (QED) is 0.899. The predicted molar refractivity (Wildman–Crippen MR) is 80.0 cm³/mol. The average molecular weight is 274 g/mol. The molecule has 108 valence electrons. The molecule has 2 unspecified atom stereocenters. The van der Waals surface area contributed by atoms with Crippen LogP contribution in [-0.4, -0.2) is 31.2 Å². The number of nitrogens with zero attached hydrogens (tertiary/aromatic N) is 2. The van der Waals surface area contributed by atoms with Crippen LogP contribution in [0.1, 0.15) is 31.9 Å². The number of carbonyl (C=O) groups excluding carboxylic acids is 1. The van der Waals surface area contributed by atoms with E-state index < -0.39 is 6.10 Å². The minimum absolute atomic E-state index is 0.237. The van der Waals surface area contributed by atoms with E-state index >= 15 is 0 Å². The molecule has 0 spiro atoms. The Morgan fingerprint density at radius 1 is 1.35 bits per heavy atom. The fourth-order valence-corrected chi connectivity index (χ4v) is 3.25. The summed E-state index contributed by atoms with van der Waals surface area (Å²) >= 11 is 0. The Balaban J connectivity index is 1.86. The van der Waals surface area contributed by atoms with Crippen molar-refractivity contribution in [3.63, 3.8) is 0 Å². The normalized spacial score (nSPS) is 25.8. The van der Waals surface area contributed by atoms with Gasteiger partial charge < -0.3 is 14.9 Å². The van der Waals surface area contributed by atoms with E-state index in [4.69, 9.17) is 0 Å². The lowest BCUT2D eigenvalue weighted by atomic mass is 9.95. The first-order valence-corrected chi connectivity index (χ1v) is 7.33. The van der Waals surface area contributed by atoms with Crippen LogP contribution in [0.25, 0.3) is 0 Å². The van der Waals surface area contributed by atoms with E-state index in [1.54, 1.807) is 11.9 Å². The third-order valence-corrected chi connectivity index (χ3v) is 4.77. The van der Waals surface area contributed by atoms with Gasteiger partial charge >= 0.3 is 0 Å². The summed E-state index contributed by atoms with van der Waals surface area (Å²) in [6, 6.07) is 5.95. The van der Waals surface area contributed by atoms with Crippen LogP contribution < -0.4 is 9.80 Å². The molecule has 1 aromatic rings. The van der Waals surface area contributed by atoms with Crippen LogP contribution in [0.4, 0.5) is 11.4 Å². The molecule has 1 saturated heterocycles. The zero-order valence-electron chi connectivity index (χ0n) is 12.3. The fraction of sp³-hybridized carbons (Fsp3) is 0.562. The van der Waals surface area contributed by atoms with E-state index in [9.17, 15) is 9.90 Å². The van der Waals surface area contributed by atoms with Gasteiger partial charge in [-0.25, -0.2) is 0 Å². The molecule has 4 heteroatoms. The van der Waals surface area contributed by atoms with Gasteiger partial charge in [-0.15, -0.1) is 0 Å². The largest absolute Gasteiger partial charge is 0.378 e. The maximum Gasteiger partial charge on any atom is 0.260 e. The van der Waals surface area contributed by atoms with E-state index in [1.165, 1.54) is 6.42 Å². The van der Waals surface area contributed by atoms with E-state index in [0.717, 1.165) is 35.9 Å². The molecule has 2 heterocycles. The van der Waals surface area contributed by atoms with Crippen molar-refractivity contribution in [2.75, 3.05) is 29.9 Å². The van der Waals surface area contributed by atoms with Crippen LogP contribution in [0.2, 0.25) is 0 Å². The van der Waals surface area contributed by atoms with Gasteiger partial charge in [0.15, 0.2) is 6.10 Å². The van der Waals surface area contributed by atoms with Gasteiger partial charge in [-0.2, -0.15) is 0 Å². The van der Waals surface area contributed by atoms with Gasteiger partial charge in [-0.3, -0.25) is 4.79 Å². The lowest BCUT2D eigenvalue weighted by Crippen LogP contribution is -2.24. The highest BCUT2D eigenvalue weighted by Gasteiger charge is 2.34. The van der Waals surface area contributed by atoms with Crippen LogP contribution in [0.3, 0.4) is 0 Å². The molecule has 0 bridgehead atoms. The second kappa shape index (κ2) is 4.77. The monoisotopic (exact) mass is 274 g/mol. The number of likely N-dealkylation sites (N-methyl/N-ethyl adjacent to an activating group) is 1. The molecule has 0 saturated carbocycles. The van der Waals surface area contributed by atoms with Crippen LogP contribution in [0, 0.1) is 11.8 Å². The third kappa shape index (κ3) is 1.99. The number of aliphatic hydroxyl groups is 1. The summed E-state index contributed by atoms with van der Waals surface area (Å²) < 4.78 is 0. The SMILES string of the molecule is CC(C)C1CCN(c2ccc3c(c2)N(C)C(=O)C3O)C1. The lowest BCUT2D eigenvalue weighted by molar-refractivity contribution is -0.125. The first-order chi connectivity index (χ1) is 9.49. The van der Waals surface area contributed by atoms with E-state index in [1.807, 2.05) is 18.2 Å². The molecule has 0 aromatic heterocycles. The van der Waals surface area contributed by atoms with Crippen molar-refractivity contribution in [1.29, 1.82) is 0 Å². The highest BCUT2D eigenvalue weighted by atomic mass is 16.3. The number of aliphatic hydroxyl groups excluding tert-OH is 1. The van der Waals surface area contributed by atoms with Crippen molar-refractivity contribution in [2.24, 2.45) is 11.8 Å². The Hall–Kier alpha value is -1.55. The standard InChI is InChI=1S/C16H22N2O2/c1-10(2)11-6-7-18(9-11)12-4-5-13-14(8-12)17(3)16(20)15(13)19/h4-5,8,10-11,15,19H,6-7,9H2,1-3H3. The summed E-state index contributed by atoms with van der Waals surface area (Å²) in [7, 11) is 1.72. The molecule has 20 heavy (non-hydrogen) atoms. The molecule has 1 amide bonds. The summed E-state index contributed by atoms with van der Waals surface area (Å²) in [4.78, 5) is 15.7. The molecule has 1 aromatic carbocycles. The van der Waals surface area contributed by atoms with Gasteiger partial charge in [0.25, 0.3) is 5.91 Å². The summed E-state index contributed by atoms with van der Waals surface area (Å²) in [6.07, 6.45) is 0.234. The van der Waals surface area contributed by atoms with Gasteiger partial charge in [0.1, 0.15) is 0 Å². The molecular formula is C16H22N2O2. The van der Waals surface area contributed by atoms with Crippen molar-refractivity contribution in [3.05, 3.63) is 23.8 Å². The molecule has 3 rings (SSSR count). The van der Waals surface area contributed by atoms with Crippen LogP contribution in [0.5, 0.6) is 0 Å². The van der Waals surface area contributed by atoms with Gasteiger partial charge in [0.05, 0.1) is 5.69 Å². The van der Waals surface area contributed by atoms with Gasteiger partial charge in [-0.05, 0) is 30.4 Å². The Bertz CT molecular complexity index is 541. The number of hydrogen-bond acceptors (Lipinski definition) is 3. The van der Waals surface area contributed by atoms with Gasteiger partial charge in [-0.1, -0.05) is 19.9 Å². The van der Waals surface area contributed by atoms with Crippen molar-refractivity contribution < 1.29 is 9.90 Å². The maximum atomic E-state index is 11.8. The Morgan fingerprint density at radius 2 is 2.10 bits per heavy atom. The zero-order chi connectivity index (χ0) is 14.4. The molecule has 0 radical (unpaired) electrons. The summed E-state index contributed by atoms with van der Waals surface area (Å²) in [6.45, 7) is 6.71. The third-order valence-electron chi connectivity index (χ3n) is 4.77. The summed E-state index contributed by atoms with van der Waals surface area (Å²) in [5.41, 5.74) is 2.72. The number of rotatable bonds is 2. The number of amides is 1. The molecule has 1 N–H and O–H groups in total.